The third-order valence-corrected chi connectivity index (χ3v) is 0.600. The van der Waals surface area contributed by atoms with Crippen LogP contribution in [0.1, 0.15) is 0 Å². The molecule has 0 aliphatic carbocycles. The molecule has 0 spiro atoms. The van der Waals surface area contributed by atoms with Crippen molar-refractivity contribution in [3.8, 4) is 0 Å². The number of rotatable bonds is 2. The van der Waals surface area contributed by atoms with Crippen LogP contribution < -0.4 is 5.84 Å². The largest absolute Gasteiger partial charge is 0.382 e. The van der Waals surface area contributed by atoms with Crippen molar-refractivity contribution in [2.24, 2.45) is 5.84 Å². The lowest BCUT2D eigenvalue weighted by molar-refractivity contribution is 0.462. The summed E-state index contributed by atoms with van der Waals surface area (Å²) in [5, 5.41) is 1.50. The van der Waals surface area contributed by atoms with Gasteiger partial charge >= 0.3 is 0 Å². The van der Waals surface area contributed by atoms with Gasteiger partial charge in [0, 0.05) is 33.5 Å². The van der Waals surface area contributed by atoms with Gasteiger partial charge in [0.2, 0.25) is 0 Å². The maximum absolute atomic E-state index is 5.26. The Balaban J connectivity index is 3.34. The molecule has 3 nitrogen and oxygen atoms in total. The first-order valence-electron chi connectivity index (χ1n) is 2.45. The van der Waals surface area contributed by atoms with E-state index in [0.29, 0.717) is 0 Å². The highest BCUT2D eigenvalue weighted by molar-refractivity contribution is 4.74. The highest BCUT2D eigenvalue weighted by Gasteiger charge is 1.75. The molecule has 0 aromatic heterocycles. The first kappa shape index (κ1) is 7.30. The Kier molecular flexibility index (Phi) is 3.03. The molecule has 0 bridgehead atoms. The van der Waals surface area contributed by atoms with Crippen molar-refractivity contribution < 1.29 is 0 Å². The van der Waals surface area contributed by atoms with Gasteiger partial charge in [0.1, 0.15) is 0 Å². The van der Waals surface area contributed by atoms with Crippen LogP contribution in [0.15, 0.2) is 12.4 Å². The summed E-state index contributed by atoms with van der Waals surface area (Å²) in [4.78, 5) is 1.92. The van der Waals surface area contributed by atoms with Crippen LogP contribution in [-0.4, -0.2) is 31.1 Å². The van der Waals surface area contributed by atoms with Crippen LogP contribution in [0.5, 0.6) is 0 Å². The summed E-state index contributed by atoms with van der Waals surface area (Å²) in [6.45, 7) is 0. The Morgan fingerprint density at radius 2 is 1.62 bits per heavy atom. The lowest BCUT2D eigenvalue weighted by Crippen LogP contribution is -2.19. The van der Waals surface area contributed by atoms with E-state index in [1.54, 1.807) is 13.2 Å². The van der Waals surface area contributed by atoms with Crippen LogP contribution in [0.3, 0.4) is 0 Å². The fourth-order valence-electron chi connectivity index (χ4n) is 0.238. The maximum atomic E-state index is 5.26. The quantitative estimate of drug-likeness (QED) is 0.400. The second-order valence-corrected chi connectivity index (χ2v) is 1.93. The van der Waals surface area contributed by atoms with E-state index in [4.69, 9.17) is 5.84 Å². The lowest BCUT2D eigenvalue weighted by Gasteiger charge is -2.07. The topological polar surface area (TPSA) is 32.5 Å². The minimum absolute atomic E-state index is 1.50. The smallest absolute Gasteiger partial charge is 0.0310 e. The summed E-state index contributed by atoms with van der Waals surface area (Å²) in [5.74, 6) is 5.26. The Hall–Kier alpha value is -0.700. The summed E-state index contributed by atoms with van der Waals surface area (Å²) in [6, 6.07) is 0. The van der Waals surface area contributed by atoms with Crippen molar-refractivity contribution in [1.29, 1.82) is 0 Å². The molecule has 0 fully saturated rings. The van der Waals surface area contributed by atoms with Crippen LogP contribution in [0.4, 0.5) is 0 Å². The summed E-state index contributed by atoms with van der Waals surface area (Å²) in [7, 11) is 5.67. The van der Waals surface area contributed by atoms with Gasteiger partial charge in [-0.15, -0.1) is 0 Å². The zero-order chi connectivity index (χ0) is 6.57. The van der Waals surface area contributed by atoms with E-state index < -0.39 is 0 Å². The molecule has 0 atom stereocenters. The van der Waals surface area contributed by atoms with Gasteiger partial charge in [-0.05, 0) is 0 Å². The fraction of sp³-hybridized carbons (Fsp3) is 0.600. The third-order valence-electron chi connectivity index (χ3n) is 0.600. The summed E-state index contributed by atoms with van der Waals surface area (Å²) < 4.78 is 0. The van der Waals surface area contributed by atoms with Gasteiger partial charge in [-0.1, -0.05) is 0 Å². The number of nitrogens with two attached hydrogens (primary N) is 1. The standard InChI is InChI=1S/C5H13N3/c1-7(2)4-5-8(3)6/h4-5H,6H2,1-3H3/b5-4-. The number of nitrogens with zero attached hydrogens (tertiary/aromatic N) is 2. The Labute approximate surface area is 50.3 Å². The third kappa shape index (κ3) is 5.30. The number of hydrogen-bond acceptors (Lipinski definition) is 3. The summed E-state index contributed by atoms with van der Waals surface area (Å²) in [6.07, 6.45) is 3.65. The highest BCUT2D eigenvalue weighted by atomic mass is 15.4. The molecule has 0 amide bonds. The van der Waals surface area contributed by atoms with E-state index in [1.807, 2.05) is 25.2 Å². The van der Waals surface area contributed by atoms with Crippen molar-refractivity contribution in [1.82, 2.24) is 9.91 Å². The van der Waals surface area contributed by atoms with E-state index in [2.05, 4.69) is 0 Å². The Bertz CT molecular complexity index is 65.7. The maximum Gasteiger partial charge on any atom is 0.0310 e. The average molecular weight is 115 g/mol. The molecule has 0 radical (unpaired) electrons. The van der Waals surface area contributed by atoms with Crippen molar-refractivity contribution in [3.05, 3.63) is 12.4 Å². The zero-order valence-corrected chi connectivity index (χ0v) is 5.63. The Morgan fingerprint density at radius 3 is 1.75 bits per heavy atom. The first-order valence-corrected chi connectivity index (χ1v) is 2.45. The molecule has 0 aliphatic heterocycles. The molecule has 0 saturated carbocycles. The van der Waals surface area contributed by atoms with Crippen LogP contribution in [0, 0.1) is 0 Å². The lowest BCUT2D eigenvalue weighted by atomic mass is 10.8. The van der Waals surface area contributed by atoms with Crippen molar-refractivity contribution in [3.63, 3.8) is 0 Å². The first-order chi connectivity index (χ1) is 3.63. The van der Waals surface area contributed by atoms with Gasteiger partial charge in [0.25, 0.3) is 0 Å². The predicted molar refractivity (Wildman–Crippen MR) is 34.8 cm³/mol. The molecule has 0 saturated heterocycles. The molecule has 0 rings (SSSR count). The van der Waals surface area contributed by atoms with Crippen molar-refractivity contribution >= 4 is 0 Å². The van der Waals surface area contributed by atoms with Crippen LogP contribution in [-0.2, 0) is 0 Å². The van der Waals surface area contributed by atoms with Gasteiger partial charge < -0.3 is 9.91 Å². The van der Waals surface area contributed by atoms with E-state index in [-0.39, 0.29) is 0 Å². The van der Waals surface area contributed by atoms with E-state index >= 15 is 0 Å². The molecule has 0 aliphatic rings. The minimum atomic E-state index is 1.50. The Morgan fingerprint density at radius 1 is 1.12 bits per heavy atom. The summed E-state index contributed by atoms with van der Waals surface area (Å²) in [5.41, 5.74) is 0. The van der Waals surface area contributed by atoms with Gasteiger partial charge in [0.05, 0.1) is 0 Å². The van der Waals surface area contributed by atoms with Crippen LogP contribution in [0.2, 0.25) is 0 Å². The fourth-order valence-corrected chi connectivity index (χ4v) is 0.238. The number of hydrogen-bond donors (Lipinski definition) is 1. The molecule has 8 heavy (non-hydrogen) atoms. The zero-order valence-electron chi connectivity index (χ0n) is 5.63. The van der Waals surface area contributed by atoms with Gasteiger partial charge in [-0.3, -0.25) is 0 Å². The molecular weight excluding hydrogens is 102 g/mol. The molecule has 0 aromatic carbocycles. The molecular formula is C5H13N3. The molecule has 0 unspecified atom stereocenters. The van der Waals surface area contributed by atoms with E-state index in [0.717, 1.165) is 0 Å². The average Bonchev–Trinajstić information content (AvgIpc) is 1.61. The van der Waals surface area contributed by atoms with E-state index in [1.165, 1.54) is 5.01 Å². The van der Waals surface area contributed by atoms with Gasteiger partial charge in [-0.25, -0.2) is 5.84 Å². The second-order valence-electron chi connectivity index (χ2n) is 1.93. The van der Waals surface area contributed by atoms with Crippen molar-refractivity contribution in [2.45, 2.75) is 0 Å². The normalized spacial score (nSPS) is 10.0. The number of hydrazine groups is 1. The predicted octanol–water partition coefficient (Wildman–Crippen LogP) is -0.175. The second kappa shape index (κ2) is 3.32. The monoisotopic (exact) mass is 115 g/mol. The molecule has 0 aromatic rings. The molecule has 2 N–H and O–H groups in total. The molecule has 48 valence electrons. The minimum Gasteiger partial charge on any atom is -0.382 e. The van der Waals surface area contributed by atoms with Crippen LogP contribution in [0.25, 0.3) is 0 Å². The van der Waals surface area contributed by atoms with Gasteiger partial charge in [0.15, 0.2) is 0 Å². The molecule has 3 heteroatoms. The van der Waals surface area contributed by atoms with Crippen molar-refractivity contribution in [2.75, 3.05) is 21.1 Å². The van der Waals surface area contributed by atoms with Gasteiger partial charge in [-0.2, -0.15) is 0 Å². The van der Waals surface area contributed by atoms with Crippen LogP contribution >= 0.6 is 0 Å². The summed E-state index contributed by atoms with van der Waals surface area (Å²) >= 11 is 0. The molecule has 0 heterocycles. The van der Waals surface area contributed by atoms with E-state index in [9.17, 15) is 0 Å². The SMILES string of the molecule is CN(C)/C=C\N(C)N. The highest BCUT2D eigenvalue weighted by Crippen LogP contribution is 1.76.